The lowest BCUT2D eigenvalue weighted by Crippen LogP contribution is -3.00. The van der Waals surface area contributed by atoms with Crippen LogP contribution < -0.4 is 31.3 Å². The third-order valence-electron chi connectivity index (χ3n) is 11.3. The molecule has 0 bridgehead atoms. The summed E-state index contributed by atoms with van der Waals surface area (Å²) < 4.78 is 33.9. The highest BCUT2D eigenvalue weighted by Gasteiger charge is 2.36. The molecule has 1 aromatic heterocycles. The number of ether oxygens (including phenoxy) is 6. The number of aromatic nitrogens is 2. The van der Waals surface area contributed by atoms with Gasteiger partial charge < -0.3 is 45.4 Å². The van der Waals surface area contributed by atoms with E-state index in [9.17, 15) is 47.9 Å². The van der Waals surface area contributed by atoms with E-state index < -0.39 is 65.0 Å². The molecule has 5 rings (SSSR count). The third-order valence-corrected chi connectivity index (χ3v) is 11.3. The molecule has 2 aliphatic rings. The van der Waals surface area contributed by atoms with Crippen LogP contribution in [0.2, 0.25) is 0 Å². The van der Waals surface area contributed by atoms with E-state index in [2.05, 4.69) is 70.1 Å². The lowest BCUT2D eigenvalue weighted by molar-refractivity contribution is -0.696. The van der Waals surface area contributed by atoms with Crippen molar-refractivity contribution >= 4 is 77.0 Å². The van der Waals surface area contributed by atoms with Gasteiger partial charge in [0, 0.05) is 42.5 Å². The largest absolute Gasteiger partial charge is 1.00 e. The minimum absolute atomic E-state index is 0. The van der Waals surface area contributed by atoms with Crippen LogP contribution in [0.5, 0.6) is 0 Å². The van der Waals surface area contributed by atoms with Gasteiger partial charge in [0.2, 0.25) is 6.33 Å². The van der Waals surface area contributed by atoms with Gasteiger partial charge in [0.05, 0.1) is 40.8 Å². The van der Waals surface area contributed by atoms with Crippen molar-refractivity contribution in [1.29, 1.82) is 0 Å². The second kappa shape index (κ2) is 39.3. The van der Waals surface area contributed by atoms with Crippen LogP contribution in [0.25, 0.3) is 6.20 Å². The number of rotatable bonds is 30. The van der Waals surface area contributed by atoms with Gasteiger partial charge in [-0.3, -0.25) is 19.2 Å². The van der Waals surface area contributed by atoms with Crippen LogP contribution in [-0.2, 0) is 68.5 Å². The van der Waals surface area contributed by atoms with Crippen LogP contribution in [0.4, 0.5) is 11.4 Å². The molecule has 4 amide bonds. The molecule has 0 N–H and O–H groups in total. The molecular weight excluding hydrogens is 1120 g/mol. The summed E-state index contributed by atoms with van der Waals surface area (Å²) in [6.07, 6.45) is 31.2. The molecule has 21 heteroatoms. The number of nitrogens with zero attached hydrogens (tertiary/aromatic N) is 4. The number of imide groups is 2. The molecule has 20 nitrogen and oxygen atoms in total. The molecule has 0 radical (unpaired) electrons. The Bertz CT molecular complexity index is 2730. The molecule has 0 atom stereocenters. The predicted molar refractivity (Wildman–Crippen MR) is 303 cm³/mol. The number of imidazole rings is 1. The first-order valence-corrected chi connectivity index (χ1v) is 25.7. The first-order valence-electron chi connectivity index (χ1n) is 25.7. The van der Waals surface area contributed by atoms with Gasteiger partial charge in [-0.25, -0.2) is 47.7 Å². The summed E-state index contributed by atoms with van der Waals surface area (Å²) in [4.78, 5) is 118. The highest BCUT2D eigenvalue weighted by Crippen LogP contribution is 2.27. The van der Waals surface area contributed by atoms with Gasteiger partial charge in [-0.05, 0) is 55.7 Å². The number of carbonyl (C=O) groups excluding carboxylic acids is 10. The van der Waals surface area contributed by atoms with E-state index in [1.54, 1.807) is 25.1 Å². The number of esters is 6. The number of halogens is 1. The van der Waals surface area contributed by atoms with Gasteiger partial charge >= 0.3 is 35.8 Å². The Balaban J connectivity index is 0.000000548. The molecule has 0 fully saturated rings. The Morgan fingerprint density at radius 1 is 0.549 bits per heavy atom. The first-order chi connectivity index (χ1) is 38.9. The van der Waals surface area contributed by atoms with Crippen molar-refractivity contribution < 1.29 is 97.9 Å². The number of unbranched alkanes of at least 4 members (excludes halogenated alkanes) is 7. The van der Waals surface area contributed by atoms with Gasteiger partial charge in [0.25, 0.3) is 23.6 Å². The third kappa shape index (κ3) is 24.5. The molecule has 2 aromatic carbocycles. The molecular formula is C61H71BrN4O16. The van der Waals surface area contributed by atoms with E-state index in [4.69, 9.17) is 28.4 Å². The monoisotopic (exact) mass is 1190 g/mol. The van der Waals surface area contributed by atoms with Crippen molar-refractivity contribution in [3.05, 3.63) is 185 Å². The van der Waals surface area contributed by atoms with Crippen LogP contribution in [0.1, 0.15) is 103 Å². The number of aryl methyl sites for hydroxylation is 1. The van der Waals surface area contributed by atoms with Crippen molar-refractivity contribution in [2.75, 3.05) is 42.8 Å². The standard InChI is InChI=1S/C18H18O6.C15H27N2.C14H8N2O4.C14H18O6.BrH/c1-4-9-22-16(19)13-7-8-14(17(20)23-10-5-2)15(12-13)18(21)24-11-6-3;1-3-5-6-7-8-9-10-11-12-17-14-13-16(4-2)15-17;17-11-4-5-12(18)15(11)9-2-1-3-10(8-9)16-13(19)6-7-14(16)20;1-5-11(15)18-9-14(8-4,20-13(17)7-3)10-19-12(16)6-2;/h4-8,12H,1-3,9-11H2;4,13-15H,2-3,5-12H2,1H3;1-8H;5-7H,1-3,8-10H2,4H3;1H/q;+1;;;/p-1. The fourth-order valence-electron chi connectivity index (χ4n) is 6.98. The summed E-state index contributed by atoms with van der Waals surface area (Å²) in [5.41, 5.74) is -0.666. The summed E-state index contributed by atoms with van der Waals surface area (Å²) in [6, 6.07) is 10.0. The quantitative estimate of drug-likeness (QED) is 0.0150. The van der Waals surface area contributed by atoms with Crippen LogP contribution in [0.3, 0.4) is 0 Å². The molecule has 2 aliphatic heterocycles. The SMILES string of the molecule is C=CC(=O)OCC(CC)(COC(=O)C=C)OC(=O)C=C.C=CCOC(=O)c1ccc(C(=O)OCC=C)c(C(=O)OCC=C)c1.C=Cn1cc[n+](CCCCCCCCCC)c1.O=C1C=CC(=O)N1c1cccc(N2C(=O)C=CC2=O)c1.[Br-]. The zero-order chi connectivity index (χ0) is 60.2. The number of amides is 4. The van der Waals surface area contributed by atoms with Crippen molar-refractivity contribution in [3.63, 3.8) is 0 Å². The molecule has 3 aromatic rings. The van der Waals surface area contributed by atoms with Gasteiger partial charge in [-0.15, -0.1) is 0 Å². The minimum atomic E-state index is -1.28. The lowest BCUT2D eigenvalue weighted by atomic mass is 10.0. The van der Waals surface area contributed by atoms with Crippen LogP contribution in [0, 0.1) is 0 Å². The summed E-state index contributed by atoms with van der Waals surface area (Å²) in [6.45, 7) is 28.4. The van der Waals surface area contributed by atoms with E-state index in [-0.39, 0.29) is 73.1 Å². The van der Waals surface area contributed by atoms with E-state index >= 15 is 0 Å². The minimum Gasteiger partial charge on any atom is -1.00 e. The van der Waals surface area contributed by atoms with Crippen molar-refractivity contribution in [2.24, 2.45) is 0 Å². The normalized spacial score (nSPS) is 11.8. The Kier molecular flexibility index (Phi) is 34.0. The van der Waals surface area contributed by atoms with Crippen molar-refractivity contribution in [1.82, 2.24) is 4.57 Å². The smallest absolute Gasteiger partial charge is 0.339 e. The van der Waals surface area contributed by atoms with Crippen LogP contribution in [-0.4, -0.2) is 103 Å². The summed E-state index contributed by atoms with van der Waals surface area (Å²) >= 11 is 0. The number of hydrogen-bond acceptors (Lipinski definition) is 16. The highest BCUT2D eigenvalue weighted by molar-refractivity contribution is 6.30. The molecule has 82 heavy (non-hydrogen) atoms. The number of carbonyl (C=O) groups is 10. The maximum atomic E-state index is 12.1. The van der Waals surface area contributed by atoms with E-state index in [1.807, 2.05) is 17.0 Å². The Morgan fingerprint density at radius 2 is 1.00 bits per heavy atom. The number of benzene rings is 2. The highest BCUT2D eigenvalue weighted by atomic mass is 79.9. The molecule has 0 unspecified atom stereocenters. The molecule has 0 saturated carbocycles. The fraction of sp³-hybridized carbons (Fsp3) is 0.295. The first kappa shape index (κ1) is 70.9. The maximum Gasteiger partial charge on any atom is 0.339 e. The van der Waals surface area contributed by atoms with Gasteiger partial charge in [0.1, 0.15) is 45.4 Å². The molecule has 3 heterocycles. The van der Waals surface area contributed by atoms with Crippen molar-refractivity contribution in [3.8, 4) is 0 Å². The topological polar surface area (TPSA) is 241 Å². The van der Waals surface area contributed by atoms with Gasteiger partial charge in [-0.2, -0.15) is 0 Å². The summed E-state index contributed by atoms with van der Waals surface area (Å²) in [5.74, 6) is -6.04. The van der Waals surface area contributed by atoms with E-state index in [0.717, 1.165) is 34.6 Å². The summed E-state index contributed by atoms with van der Waals surface area (Å²) in [5, 5.41) is 0. The molecule has 438 valence electrons. The van der Waals surface area contributed by atoms with Gasteiger partial charge in [0.15, 0.2) is 5.60 Å². The number of hydrogen-bond donors (Lipinski definition) is 0. The molecule has 0 saturated heterocycles. The van der Waals surface area contributed by atoms with E-state index in [1.165, 1.54) is 118 Å². The second-order valence-corrected chi connectivity index (χ2v) is 17.2. The average Bonchev–Trinajstić information content (AvgIpc) is 4.26. The molecule has 0 spiro atoms. The fourth-order valence-corrected chi connectivity index (χ4v) is 6.98. The van der Waals surface area contributed by atoms with Gasteiger partial charge in [-0.1, -0.05) is 123 Å². The average molecular weight is 1200 g/mol. The molecule has 0 aliphatic carbocycles. The maximum absolute atomic E-state index is 12.1. The Hall–Kier alpha value is -9.11. The zero-order valence-corrected chi connectivity index (χ0v) is 48.0. The zero-order valence-electron chi connectivity index (χ0n) is 46.4. The lowest BCUT2D eigenvalue weighted by Gasteiger charge is -2.30. The van der Waals surface area contributed by atoms with Crippen molar-refractivity contribution in [2.45, 2.75) is 83.8 Å². The number of anilines is 2. The van der Waals surface area contributed by atoms with Crippen LogP contribution in [0.15, 0.2) is 168 Å². The van der Waals surface area contributed by atoms with Crippen LogP contribution >= 0.6 is 0 Å². The van der Waals surface area contributed by atoms with E-state index in [0.29, 0.717) is 11.4 Å². The Labute approximate surface area is 488 Å². The summed E-state index contributed by atoms with van der Waals surface area (Å²) in [7, 11) is 0. The Morgan fingerprint density at radius 3 is 1.43 bits per heavy atom. The predicted octanol–water partition coefficient (Wildman–Crippen LogP) is 5.60. The second-order valence-electron chi connectivity index (χ2n) is 17.2.